The number of esters is 1. The Balaban J connectivity index is 0.987. The molecule has 6 heterocycles. The summed E-state index contributed by atoms with van der Waals surface area (Å²) in [5.41, 5.74) is -1.62. The predicted molar refractivity (Wildman–Crippen MR) is 235 cm³/mol. The van der Waals surface area contributed by atoms with E-state index in [9.17, 15) is 34.8 Å². The lowest BCUT2D eigenvalue weighted by molar-refractivity contribution is -0.299. The molecule has 0 unspecified atom stereocenters. The fourth-order valence-corrected chi connectivity index (χ4v) is 10.4. The number of aliphatic hydroxyl groups excluding tert-OH is 3. The standard InChI is InChI=1S/C46H69FN6O13/c1-9-36-46(7,60)40(57)26(3)38(55)29-20-45(6,62-24-29)41(27(4)37(54)28(5)42(58)65-36)66-43-39(56)35(18-25(2)63-43)50(8)13-12-30-21-52(49-48-30)22-32-23-53(44(59)64-32)31-10-11-34(33(47)19-31)51-14-16-61-17-15-51/h10-11,19,21,25-29,32,35-37,39-41,43,54,56-57,60H,9,12-18,20,22-24H2,1-8H3/t25-,26+,27+,28-,29+,32+,35+,36-,37+,39-,40-,41-,43+,45-,46-/m1/s1. The molecule has 1 aromatic heterocycles. The normalized spacial score (nSPS) is 38.4. The molecular weight excluding hydrogens is 864 g/mol. The maximum Gasteiger partial charge on any atom is 0.414 e. The van der Waals surface area contributed by atoms with E-state index >= 15 is 4.39 Å². The number of hydrogen-bond acceptors (Lipinski definition) is 17. The second kappa shape index (κ2) is 20.4. The third-order valence-electron chi connectivity index (χ3n) is 14.6. The summed E-state index contributed by atoms with van der Waals surface area (Å²) in [4.78, 5) is 45.6. The van der Waals surface area contributed by atoms with Crippen molar-refractivity contribution in [1.29, 1.82) is 0 Å². The van der Waals surface area contributed by atoms with E-state index in [0.717, 1.165) is 0 Å². The van der Waals surface area contributed by atoms with Crippen LogP contribution < -0.4 is 9.80 Å². The van der Waals surface area contributed by atoms with E-state index in [1.807, 2.05) is 23.8 Å². The number of cyclic esters (lactones) is 2. The molecule has 4 N–H and O–H groups in total. The summed E-state index contributed by atoms with van der Waals surface area (Å²) in [6.45, 7) is 14.6. The Morgan fingerprint density at radius 1 is 1.02 bits per heavy atom. The number of carbonyl (C=O) groups excluding carboxylic acids is 3. The number of likely N-dealkylation sites (N-methyl/N-ethyl adjacent to an activating group) is 1. The maximum absolute atomic E-state index is 15.2. The Bertz CT molecular complexity index is 2020. The van der Waals surface area contributed by atoms with Crippen LogP contribution in [0.3, 0.4) is 0 Å². The minimum atomic E-state index is -1.96. The van der Waals surface area contributed by atoms with Gasteiger partial charge in [0.25, 0.3) is 0 Å². The van der Waals surface area contributed by atoms with Crippen LogP contribution in [0, 0.1) is 29.5 Å². The summed E-state index contributed by atoms with van der Waals surface area (Å²) in [6, 6.07) is 4.30. The van der Waals surface area contributed by atoms with Gasteiger partial charge in [0.1, 0.15) is 35.5 Å². The molecule has 5 saturated heterocycles. The second-order valence-electron chi connectivity index (χ2n) is 19.5. The van der Waals surface area contributed by atoms with E-state index in [2.05, 4.69) is 10.3 Å². The van der Waals surface area contributed by atoms with Crippen molar-refractivity contribution in [2.24, 2.45) is 23.7 Å². The number of carbonyl (C=O) groups is 3. The van der Waals surface area contributed by atoms with Crippen LogP contribution in [0.4, 0.5) is 20.6 Å². The molecular formula is C46H69FN6O13. The zero-order chi connectivity index (χ0) is 47.8. The number of ether oxygens (including phenoxy) is 6. The van der Waals surface area contributed by atoms with Crippen molar-refractivity contribution in [3.63, 3.8) is 0 Å². The van der Waals surface area contributed by atoms with Gasteiger partial charge < -0.3 is 58.6 Å². The highest BCUT2D eigenvalue weighted by molar-refractivity contribution is 5.90. The summed E-state index contributed by atoms with van der Waals surface area (Å²) >= 11 is 0. The molecule has 15 atom stereocenters. The Morgan fingerprint density at radius 2 is 1.74 bits per heavy atom. The molecule has 5 aliphatic rings. The predicted octanol–water partition coefficient (Wildman–Crippen LogP) is 2.08. The molecule has 0 aliphatic carbocycles. The van der Waals surface area contributed by atoms with Crippen LogP contribution in [0.2, 0.25) is 0 Å². The molecule has 66 heavy (non-hydrogen) atoms. The lowest BCUT2D eigenvalue weighted by Crippen LogP contribution is -2.59. The zero-order valence-corrected chi connectivity index (χ0v) is 39.3. The van der Waals surface area contributed by atoms with Gasteiger partial charge in [0, 0.05) is 56.0 Å². The third-order valence-corrected chi connectivity index (χ3v) is 14.6. The third kappa shape index (κ3) is 10.4. The van der Waals surface area contributed by atoms with E-state index < -0.39 is 102 Å². The first kappa shape index (κ1) is 50.0. The van der Waals surface area contributed by atoms with E-state index in [1.54, 1.807) is 43.8 Å². The molecule has 2 aromatic rings. The van der Waals surface area contributed by atoms with Crippen molar-refractivity contribution in [1.82, 2.24) is 19.9 Å². The number of nitrogens with zero attached hydrogens (tertiary/aromatic N) is 6. The number of rotatable bonds is 11. The van der Waals surface area contributed by atoms with E-state index in [1.165, 1.54) is 31.7 Å². The highest BCUT2D eigenvalue weighted by Crippen LogP contribution is 2.43. The number of amides is 1. The number of halogens is 1. The first-order chi connectivity index (χ1) is 31.2. The van der Waals surface area contributed by atoms with Crippen molar-refractivity contribution >= 4 is 29.2 Å². The van der Waals surface area contributed by atoms with Gasteiger partial charge in [-0.25, -0.2) is 13.9 Å². The molecule has 0 radical (unpaired) electrons. The largest absolute Gasteiger partial charge is 0.459 e. The summed E-state index contributed by atoms with van der Waals surface area (Å²) in [7, 11) is 1.88. The number of Topliss-reactive ketones (excluding diaryl/α,β-unsaturated/α-hetero) is 1. The van der Waals surface area contributed by atoms with Crippen molar-refractivity contribution in [3.05, 3.63) is 35.9 Å². The van der Waals surface area contributed by atoms with Crippen LogP contribution in [0.25, 0.3) is 0 Å². The van der Waals surface area contributed by atoms with Gasteiger partial charge in [-0.15, -0.1) is 5.10 Å². The van der Waals surface area contributed by atoms with Crippen molar-refractivity contribution in [3.8, 4) is 0 Å². The Labute approximate surface area is 385 Å². The quantitative estimate of drug-likeness (QED) is 0.237. The van der Waals surface area contributed by atoms with Gasteiger partial charge in [0.15, 0.2) is 6.29 Å². The van der Waals surface area contributed by atoms with Gasteiger partial charge in [-0.05, 0) is 72.2 Å². The van der Waals surface area contributed by atoms with Crippen LogP contribution in [-0.2, 0) is 51.0 Å². The maximum atomic E-state index is 15.2. The number of morpholine rings is 1. The van der Waals surface area contributed by atoms with Crippen molar-refractivity contribution < 1.29 is 67.6 Å². The summed E-state index contributed by atoms with van der Waals surface area (Å²) in [6.07, 6.45) is -5.91. The molecule has 19 nitrogen and oxygen atoms in total. The smallest absolute Gasteiger partial charge is 0.414 e. The molecule has 1 amide bonds. The monoisotopic (exact) mass is 932 g/mol. The number of fused-ring (bicyclic) bond motifs is 2. The lowest BCUT2D eigenvalue weighted by Gasteiger charge is -2.47. The first-order valence-corrected chi connectivity index (χ1v) is 23.4. The van der Waals surface area contributed by atoms with Crippen LogP contribution in [0.1, 0.15) is 73.4 Å². The zero-order valence-electron chi connectivity index (χ0n) is 39.3. The average molecular weight is 933 g/mol. The summed E-state index contributed by atoms with van der Waals surface area (Å²) < 4.78 is 52.8. The minimum Gasteiger partial charge on any atom is -0.459 e. The second-order valence-corrected chi connectivity index (χ2v) is 19.5. The molecule has 5 fully saturated rings. The summed E-state index contributed by atoms with van der Waals surface area (Å²) in [5, 5.41) is 55.0. The van der Waals surface area contributed by atoms with Crippen molar-refractivity contribution in [2.75, 3.05) is 62.8 Å². The Morgan fingerprint density at radius 3 is 2.44 bits per heavy atom. The number of aliphatic hydroxyl groups is 4. The van der Waals surface area contributed by atoms with Crippen LogP contribution >= 0.6 is 0 Å². The molecule has 0 spiro atoms. The van der Waals surface area contributed by atoms with Gasteiger partial charge in [0.2, 0.25) is 0 Å². The number of aromatic nitrogens is 3. The van der Waals surface area contributed by atoms with Crippen LogP contribution in [0.5, 0.6) is 0 Å². The van der Waals surface area contributed by atoms with E-state index in [4.69, 9.17) is 28.4 Å². The molecule has 1 aromatic carbocycles. The van der Waals surface area contributed by atoms with Crippen LogP contribution in [-0.4, -0.2) is 177 Å². The lowest BCUT2D eigenvalue weighted by atomic mass is 9.75. The molecule has 20 heteroatoms. The molecule has 7 rings (SSSR count). The minimum absolute atomic E-state index is 0.00418. The topological polar surface area (TPSA) is 228 Å². The highest BCUT2D eigenvalue weighted by atomic mass is 19.1. The number of benzene rings is 1. The molecule has 0 saturated carbocycles. The Kier molecular flexibility index (Phi) is 15.5. The molecule has 5 aliphatic heterocycles. The average Bonchev–Trinajstić information content (AvgIpc) is 4.03. The fraction of sp³-hybridized carbons (Fsp3) is 0.761. The fourth-order valence-electron chi connectivity index (χ4n) is 10.4. The molecule has 368 valence electrons. The van der Waals surface area contributed by atoms with Crippen LogP contribution in [0.15, 0.2) is 24.4 Å². The van der Waals surface area contributed by atoms with Gasteiger partial charge in [-0.3, -0.25) is 14.5 Å². The van der Waals surface area contributed by atoms with E-state index in [-0.39, 0.29) is 44.4 Å². The van der Waals surface area contributed by atoms with Gasteiger partial charge in [0.05, 0.1) is 85.9 Å². The van der Waals surface area contributed by atoms with Gasteiger partial charge >= 0.3 is 12.1 Å². The number of anilines is 2. The summed E-state index contributed by atoms with van der Waals surface area (Å²) in [5.74, 6) is -5.17. The Hall–Kier alpha value is -3.86. The van der Waals surface area contributed by atoms with Gasteiger partial charge in [-0.1, -0.05) is 26.0 Å². The molecule has 2 bridgehead atoms. The number of hydrogen-bond donors (Lipinski definition) is 4. The highest BCUT2D eigenvalue weighted by Gasteiger charge is 2.55. The SMILES string of the molecule is CC[C@H]1OC(=O)[C@H](C)[C@@H](O)[C@H](C)[C@@H](O[C@@H]2O[C@H](C)C[C@H](N(C)CCc3cn(C[C@H]4CN(c5ccc(N6CCOCC6)c(F)c5)C(=O)O4)nn3)[C@H]2O)[C@@]2(C)C[C@@H](CO2)C(=O)[C@H](C)[C@@H](O)[C@]1(C)O. The number of ketones is 1. The van der Waals surface area contributed by atoms with Crippen molar-refractivity contribution in [2.45, 2.75) is 147 Å². The van der Waals surface area contributed by atoms with Gasteiger partial charge in [-0.2, -0.15) is 0 Å². The first-order valence-electron chi connectivity index (χ1n) is 23.4. The van der Waals surface area contributed by atoms with E-state index in [0.29, 0.717) is 62.8 Å².